The van der Waals surface area contributed by atoms with E-state index in [1.807, 2.05) is 37.3 Å². The monoisotopic (exact) mass is 369 g/mol. The quantitative estimate of drug-likeness (QED) is 0.810. The highest BCUT2D eigenvalue weighted by molar-refractivity contribution is 14.1. The third-order valence-corrected chi connectivity index (χ3v) is 3.12. The zero-order chi connectivity index (χ0) is 13.7. The number of aryl methyl sites for hydroxylation is 1. The first-order valence-corrected chi connectivity index (χ1v) is 7.28. The molecule has 0 spiro atoms. The van der Waals surface area contributed by atoms with Crippen molar-refractivity contribution in [3.05, 3.63) is 39.6 Å². The van der Waals surface area contributed by atoms with Crippen LogP contribution in [0.15, 0.2) is 30.3 Å². The van der Waals surface area contributed by atoms with Gasteiger partial charge in [0.25, 0.3) is 0 Å². The van der Waals surface area contributed by atoms with E-state index in [4.69, 9.17) is 4.74 Å². The lowest BCUT2D eigenvalue weighted by molar-refractivity contribution is 0.461. The minimum atomic E-state index is 0.562. The van der Waals surface area contributed by atoms with Crippen molar-refractivity contribution < 1.29 is 4.74 Å². The molecule has 1 N–H and O–H groups in total. The minimum absolute atomic E-state index is 0.562. The van der Waals surface area contributed by atoms with Gasteiger partial charge in [-0.15, -0.1) is 0 Å². The van der Waals surface area contributed by atoms with Crippen molar-refractivity contribution in [2.75, 3.05) is 11.9 Å². The molecule has 0 atom stereocenters. The summed E-state index contributed by atoms with van der Waals surface area (Å²) in [5.74, 6) is 1.95. The highest BCUT2D eigenvalue weighted by atomic mass is 127. The second-order valence-electron chi connectivity index (χ2n) is 4.15. The Morgan fingerprint density at radius 1 is 1.21 bits per heavy atom. The molecule has 0 aliphatic carbocycles. The number of halogens is 1. The molecule has 4 nitrogen and oxygen atoms in total. The van der Waals surface area contributed by atoms with Gasteiger partial charge in [0.1, 0.15) is 5.75 Å². The van der Waals surface area contributed by atoms with Crippen LogP contribution in [0.1, 0.15) is 19.0 Å². The number of benzene rings is 1. The predicted octanol–water partition coefficient (Wildman–Crippen LogP) is 4.00. The van der Waals surface area contributed by atoms with Gasteiger partial charge in [-0.2, -0.15) is 4.98 Å². The van der Waals surface area contributed by atoms with Crippen molar-refractivity contribution in [2.45, 2.75) is 20.3 Å². The van der Waals surface area contributed by atoms with Gasteiger partial charge in [0, 0.05) is 21.9 Å². The molecule has 19 heavy (non-hydrogen) atoms. The number of hydrogen-bond acceptors (Lipinski definition) is 4. The van der Waals surface area contributed by atoms with Gasteiger partial charge in [0.05, 0.1) is 0 Å². The molecule has 0 bridgehead atoms. The van der Waals surface area contributed by atoms with Crippen molar-refractivity contribution in [1.82, 2.24) is 9.97 Å². The van der Waals surface area contributed by atoms with Crippen LogP contribution in [-0.4, -0.2) is 16.5 Å². The molecule has 0 amide bonds. The molecule has 1 heterocycles. The van der Waals surface area contributed by atoms with E-state index < -0.39 is 0 Å². The fourth-order valence-corrected chi connectivity index (χ4v) is 1.89. The van der Waals surface area contributed by atoms with Gasteiger partial charge >= 0.3 is 0 Å². The molecule has 0 saturated carbocycles. The molecule has 0 radical (unpaired) electrons. The van der Waals surface area contributed by atoms with Crippen LogP contribution >= 0.6 is 22.6 Å². The van der Waals surface area contributed by atoms with E-state index in [1.54, 1.807) is 0 Å². The Hall–Kier alpha value is -1.37. The maximum atomic E-state index is 5.74. The fourth-order valence-electron chi connectivity index (χ4n) is 1.53. The molecule has 1 aromatic heterocycles. The van der Waals surface area contributed by atoms with Crippen molar-refractivity contribution in [2.24, 2.45) is 0 Å². The zero-order valence-corrected chi connectivity index (χ0v) is 13.1. The Labute approximate surface area is 126 Å². The first kappa shape index (κ1) is 14.0. The van der Waals surface area contributed by atoms with Gasteiger partial charge in [-0.25, -0.2) is 4.98 Å². The standard InChI is InChI=1S/C14H16IN3O/c1-3-8-16-14-17-10(2)9-13(18-14)19-12-6-4-11(15)5-7-12/h4-7,9H,3,8H2,1-2H3,(H,16,17,18). The van der Waals surface area contributed by atoms with Gasteiger partial charge in [0.15, 0.2) is 0 Å². The summed E-state index contributed by atoms with van der Waals surface area (Å²) in [6.45, 7) is 4.89. The third kappa shape index (κ3) is 4.34. The molecule has 0 unspecified atom stereocenters. The van der Waals surface area contributed by atoms with Crippen LogP contribution < -0.4 is 10.1 Å². The second-order valence-corrected chi connectivity index (χ2v) is 5.40. The summed E-state index contributed by atoms with van der Waals surface area (Å²) in [7, 11) is 0. The van der Waals surface area contributed by atoms with Crippen molar-refractivity contribution in [1.29, 1.82) is 0 Å². The van der Waals surface area contributed by atoms with E-state index in [0.29, 0.717) is 11.8 Å². The highest BCUT2D eigenvalue weighted by Crippen LogP contribution is 2.21. The van der Waals surface area contributed by atoms with Crippen LogP contribution in [0.3, 0.4) is 0 Å². The number of nitrogens with one attached hydrogen (secondary N) is 1. The fraction of sp³-hybridized carbons (Fsp3) is 0.286. The zero-order valence-electron chi connectivity index (χ0n) is 11.0. The van der Waals surface area contributed by atoms with Crippen LogP contribution in [0.2, 0.25) is 0 Å². The lowest BCUT2D eigenvalue weighted by atomic mass is 10.3. The van der Waals surface area contributed by atoms with E-state index >= 15 is 0 Å². The smallest absolute Gasteiger partial charge is 0.226 e. The molecule has 100 valence electrons. The first-order chi connectivity index (χ1) is 9.17. The molecule has 5 heteroatoms. The van der Waals surface area contributed by atoms with Gasteiger partial charge in [-0.1, -0.05) is 6.92 Å². The van der Waals surface area contributed by atoms with E-state index in [9.17, 15) is 0 Å². The van der Waals surface area contributed by atoms with Crippen molar-refractivity contribution >= 4 is 28.5 Å². The summed E-state index contributed by atoms with van der Waals surface area (Å²) in [5.41, 5.74) is 0.883. The van der Waals surface area contributed by atoms with Crippen LogP contribution in [-0.2, 0) is 0 Å². The summed E-state index contributed by atoms with van der Waals surface area (Å²) in [5, 5.41) is 3.17. The lowest BCUT2D eigenvalue weighted by Crippen LogP contribution is -2.05. The molecule has 2 aromatic rings. The summed E-state index contributed by atoms with van der Waals surface area (Å²) >= 11 is 2.26. The average molecular weight is 369 g/mol. The van der Waals surface area contributed by atoms with Crippen LogP contribution in [0.25, 0.3) is 0 Å². The van der Waals surface area contributed by atoms with Crippen LogP contribution in [0.5, 0.6) is 11.6 Å². The molecule has 0 aliphatic rings. The lowest BCUT2D eigenvalue weighted by Gasteiger charge is -2.08. The molecule has 2 rings (SSSR count). The van der Waals surface area contributed by atoms with E-state index in [0.717, 1.165) is 24.4 Å². The summed E-state index contributed by atoms with van der Waals surface area (Å²) in [6.07, 6.45) is 1.03. The molecule has 0 aliphatic heterocycles. The number of ether oxygens (including phenoxy) is 1. The number of hydrogen-bond donors (Lipinski definition) is 1. The Bertz CT molecular complexity index is 543. The average Bonchev–Trinajstić information content (AvgIpc) is 2.38. The topological polar surface area (TPSA) is 47.0 Å². The molecular formula is C14H16IN3O. The maximum Gasteiger partial charge on any atom is 0.226 e. The summed E-state index contributed by atoms with van der Waals surface area (Å²) in [6, 6.07) is 9.69. The summed E-state index contributed by atoms with van der Waals surface area (Å²) < 4.78 is 6.92. The number of rotatable bonds is 5. The number of anilines is 1. The Morgan fingerprint density at radius 3 is 2.63 bits per heavy atom. The summed E-state index contributed by atoms with van der Waals surface area (Å²) in [4.78, 5) is 8.67. The second kappa shape index (κ2) is 6.70. The van der Waals surface area contributed by atoms with E-state index in [-0.39, 0.29) is 0 Å². The molecule has 0 fully saturated rings. The highest BCUT2D eigenvalue weighted by Gasteiger charge is 2.04. The van der Waals surface area contributed by atoms with Gasteiger partial charge in [-0.05, 0) is 60.2 Å². The van der Waals surface area contributed by atoms with Gasteiger partial charge in [0.2, 0.25) is 11.8 Å². The van der Waals surface area contributed by atoms with Crippen LogP contribution in [0, 0.1) is 10.5 Å². The molecular weight excluding hydrogens is 353 g/mol. The minimum Gasteiger partial charge on any atom is -0.439 e. The van der Waals surface area contributed by atoms with Crippen LogP contribution in [0.4, 0.5) is 5.95 Å². The normalized spacial score (nSPS) is 10.3. The Balaban J connectivity index is 2.15. The van der Waals surface area contributed by atoms with E-state index in [2.05, 4.69) is 44.8 Å². The Morgan fingerprint density at radius 2 is 1.95 bits per heavy atom. The SMILES string of the molecule is CCCNc1nc(C)cc(Oc2ccc(I)cc2)n1. The molecule has 1 aromatic carbocycles. The largest absolute Gasteiger partial charge is 0.439 e. The number of aromatic nitrogens is 2. The van der Waals surface area contributed by atoms with E-state index in [1.165, 1.54) is 3.57 Å². The Kier molecular flexibility index (Phi) is 4.95. The predicted molar refractivity (Wildman–Crippen MR) is 84.8 cm³/mol. The van der Waals surface area contributed by atoms with Gasteiger partial charge < -0.3 is 10.1 Å². The number of nitrogens with zero attached hydrogens (tertiary/aromatic N) is 2. The first-order valence-electron chi connectivity index (χ1n) is 6.20. The van der Waals surface area contributed by atoms with Gasteiger partial charge in [-0.3, -0.25) is 0 Å². The third-order valence-electron chi connectivity index (χ3n) is 2.40. The van der Waals surface area contributed by atoms with Crippen molar-refractivity contribution in [3.63, 3.8) is 0 Å². The van der Waals surface area contributed by atoms with Crippen molar-refractivity contribution in [3.8, 4) is 11.6 Å². The molecule has 0 saturated heterocycles. The maximum absolute atomic E-state index is 5.74.